The van der Waals surface area contributed by atoms with Crippen molar-refractivity contribution in [1.82, 2.24) is 0 Å². The van der Waals surface area contributed by atoms with Crippen LogP contribution in [0.4, 0.5) is 0 Å². The molecule has 2 rings (SSSR count). The van der Waals surface area contributed by atoms with E-state index in [1.54, 1.807) is 0 Å². The number of ether oxygens (including phenoxy) is 2. The summed E-state index contributed by atoms with van der Waals surface area (Å²) in [6, 6.07) is 9.46. The molecule has 1 aromatic rings. The molecule has 0 aliphatic carbocycles. The summed E-state index contributed by atoms with van der Waals surface area (Å²) in [5.41, 5.74) is 0.814. The molecule has 110 valence electrons. The van der Waals surface area contributed by atoms with E-state index >= 15 is 0 Å². The summed E-state index contributed by atoms with van der Waals surface area (Å²) in [4.78, 5) is 12.0. The average Bonchev–Trinajstić information content (AvgIpc) is 2.79. The molecule has 4 heteroatoms. The van der Waals surface area contributed by atoms with Crippen LogP contribution in [-0.2, 0) is 20.9 Å². The fourth-order valence-electron chi connectivity index (χ4n) is 2.40. The lowest BCUT2D eigenvalue weighted by atomic mass is 9.78. The number of benzene rings is 1. The maximum absolute atomic E-state index is 12.0. The smallest absolute Gasteiger partial charge is 0.338 e. The zero-order chi connectivity index (χ0) is 14.8. The Morgan fingerprint density at radius 1 is 1.35 bits per heavy atom. The molecular formula is C16H22O4. The Labute approximate surface area is 119 Å². The van der Waals surface area contributed by atoms with E-state index < -0.39 is 18.2 Å². The second-order valence-corrected chi connectivity index (χ2v) is 6.31. The summed E-state index contributed by atoms with van der Waals surface area (Å²) in [5, 5.41) is 10.2. The Hall–Kier alpha value is -1.39. The molecular weight excluding hydrogens is 256 g/mol. The highest BCUT2D eigenvalue weighted by atomic mass is 16.6. The largest absolute Gasteiger partial charge is 0.459 e. The highest BCUT2D eigenvalue weighted by Gasteiger charge is 2.46. The zero-order valence-electron chi connectivity index (χ0n) is 12.2. The molecule has 1 aliphatic rings. The molecule has 0 radical (unpaired) electrons. The Morgan fingerprint density at radius 3 is 2.55 bits per heavy atom. The number of aliphatic hydroxyl groups is 1. The Balaban J connectivity index is 1.91. The molecule has 1 aromatic carbocycles. The Bertz CT molecular complexity index is 449. The Morgan fingerprint density at radius 2 is 2.00 bits per heavy atom. The minimum atomic E-state index is -0.872. The van der Waals surface area contributed by atoms with Gasteiger partial charge >= 0.3 is 5.97 Å². The summed E-state index contributed by atoms with van der Waals surface area (Å²) >= 11 is 0. The predicted molar refractivity (Wildman–Crippen MR) is 74.9 cm³/mol. The molecule has 0 spiro atoms. The van der Waals surface area contributed by atoms with Gasteiger partial charge in [-0.1, -0.05) is 51.1 Å². The summed E-state index contributed by atoms with van der Waals surface area (Å²) in [6.45, 7) is 6.67. The third-order valence-electron chi connectivity index (χ3n) is 3.75. The number of hydrogen-bond acceptors (Lipinski definition) is 4. The van der Waals surface area contributed by atoms with Gasteiger partial charge in [0.1, 0.15) is 6.61 Å². The van der Waals surface area contributed by atoms with Gasteiger partial charge in [0.25, 0.3) is 0 Å². The molecule has 0 amide bonds. The van der Waals surface area contributed by atoms with E-state index in [-0.39, 0.29) is 17.9 Å². The van der Waals surface area contributed by atoms with Crippen molar-refractivity contribution in [3.63, 3.8) is 0 Å². The number of carbonyl (C=O) groups excluding carboxylic acids is 1. The van der Waals surface area contributed by atoms with E-state index in [0.717, 1.165) is 5.56 Å². The van der Waals surface area contributed by atoms with Crippen molar-refractivity contribution >= 4 is 5.97 Å². The van der Waals surface area contributed by atoms with Crippen molar-refractivity contribution in [3.05, 3.63) is 35.9 Å². The fourth-order valence-corrected chi connectivity index (χ4v) is 2.40. The van der Waals surface area contributed by atoms with Crippen molar-refractivity contribution in [1.29, 1.82) is 0 Å². The van der Waals surface area contributed by atoms with Gasteiger partial charge in [-0.05, 0) is 11.0 Å². The van der Waals surface area contributed by atoms with Crippen LogP contribution in [0.1, 0.15) is 26.3 Å². The lowest BCUT2D eigenvalue weighted by Gasteiger charge is -2.28. The molecule has 0 unspecified atom stereocenters. The molecule has 1 saturated heterocycles. The van der Waals surface area contributed by atoms with Crippen molar-refractivity contribution in [2.24, 2.45) is 11.3 Å². The number of aliphatic hydroxyl groups excluding tert-OH is 1. The molecule has 0 aromatic heterocycles. The zero-order valence-corrected chi connectivity index (χ0v) is 12.2. The van der Waals surface area contributed by atoms with Crippen LogP contribution in [-0.4, -0.2) is 29.9 Å². The van der Waals surface area contributed by atoms with E-state index in [1.807, 2.05) is 51.1 Å². The van der Waals surface area contributed by atoms with Crippen molar-refractivity contribution < 1.29 is 19.4 Å². The van der Waals surface area contributed by atoms with E-state index in [1.165, 1.54) is 0 Å². The van der Waals surface area contributed by atoms with Gasteiger partial charge < -0.3 is 14.6 Å². The summed E-state index contributed by atoms with van der Waals surface area (Å²) in [5.74, 6) is -0.551. The van der Waals surface area contributed by atoms with Gasteiger partial charge in [-0.15, -0.1) is 0 Å². The van der Waals surface area contributed by atoms with Gasteiger partial charge in [0.05, 0.1) is 12.7 Å². The molecule has 1 fully saturated rings. The molecule has 0 bridgehead atoms. The third-order valence-corrected chi connectivity index (χ3v) is 3.75. The number of esters is 1. The summed E-state index contributed by atoms with van der Waals surface area (Å²) < 4.78 is 10.6. The van der Waals surface area contributed by atoms with E-state index in [9.17, 15) is 9.90 Å². The molecule has 1 N–H and O–H groups in total. The lowest BCUT2D eigenvalue weighted by Crippen LogP contribution is -2.38. The van der Waals surface area contributed by atoms with Crippen LogP contribution in [0, 0.1) is 11.3 Å². The van der Waals surface area contributed by atoms with Crippen LogP contribution in [0.3, 0.4) is 0 Å². The molecule has 1 aliphatic heterocycles. The van der Waals surface area contributed by atoms with Gasteiger partial charge in [0.15, 0.2) is 6.10 Å². The highest BCUT2D eigenvalue weighted by molar-refractivity contribution is 5.75. The Kier molecular flexibility index (Phi) is 4.45. The van der Waals surface area contributed by atoms with Gasteiger partial charge in [0.2, 0.25) is 0 Å². The van der Waals surface area contributed by atoms with Crippen LogP contribution >= 0.6 is 0 Å². The van der Waals surface area contributed by atoms with Crippen LogP contribution in [0.5, 0.6) is 0 Å². The van der Waals surface area contributed by atoms with Gasteiger partial charge in [0, 0.05) is 5.92 Å². The second-order valence-electron chi connectivity index (χ2n) is 6.31. The maximum atomic E-state index is 12.0. The summed E-state index contributed by atoms with van der Waals surface area (Å²) in [7, 11) is 0. The topological polar surface area (TPSA) is 55.8 Å². The van der Waals surface area contributed by atoms with Crippen LogP contribution in [0.15, 0.2) is 30.3 Å². The van der Waals surface area contributed by atoms with Crippen molar-refractivity contribution in [2.45, 2.75) is 39.6 Å². The van der Waals surface area contributed by atoms with Crippen LogP contribution in [0.2, 0.25) is 0 Å². The fraction of sp³-hybridized carbons (Fsp3) is 0.562. The second kappa shape index (κ2) is 5.94. The average molecular weight is 278 g/mol. The molecule has 4 nitrogen and oxygen atoms in total. The number of hydrogen-bond donors (Lipinski definition) is 1. The van der Waals surface area contributed by atoms with E-state index in [0.29, 0.717) is 6.61 Å². The van der Waals surface area contributed by atoms with Crippen LogP contribution in [0.25, 0.3) is 0 Å². The first-order chi connectivity index (χ1) is 9.39. The standard InChI is InChI=1S/C16H22O4/c1-16(2,3)12-10-19-14(13(12)17)15(18)20-9-11-7-5-4-6-8-11/h4-8,12-14,17H,9-10H2,1-3H3/t12-,13+,14+/m0/s1. The molecule has 3 atom stereocenters. The first-order valence-corrected chi connectivity index (χ1v) is 6.90. The number of rotatable bonds is 3. The van der Waals surface area contributed by atoms with Gasteiger partial charge in [-0.2, -0.15) is 0 Å². The predicted octanol–water partition coefficient (Wildman–Crippen LogP) is 2.15. The van der Waals surface area contributed by atoms with E-state index in [2.05, 4.69) is 0 Å². The normalized spacial score (nSPS) is 26.5. The van der Waals surface area contributed by atoms with E-state index in [4.69, 9.17) is 9.47 Å². The van der Waals surface area contributed by atoms with Crippen molar-refractivity contribution in [3.8, 4) is 0 Å². The molecule has 1 heterocycles. The quantitative estimate of drug-likeness (QED) is 0.861. The molecule has 20 heavy (non-hydrogen) atoms. The minimum Gasteiger partial charge on any atom is -0.459 e. The van der Waals surface area contributed by atoms with Crippen LogP contribution < -0.4 is 0 Å². The molecule has 0 saturated carbocycles. The van der Waals surface area contributed by atoms with Gasteiger partial charge in [-0.3, -0.25) is 0 Å². The first kappa shape index (κ1) is 15.0. The third kappa shape index (κ3) is 3.38. The lowest BCUT2D eigenvalue weighted by molar-refractivity contribution is -0.159. The minimum absolute atomic E-state index is 0.0585. The SMILES string of the molecule is CC(C)(C)[C@H]1CO[C@@H](C(=O)OCc2ccccc2)[C@@H]1O. The number of carbonyl (C=O) groups is 1. The maximum Gasteiger partial charge on any atom is 0.338 e. The van der Waals surface area contributed by atoms with Gasteiger partial charge in [-0.25, -0.2) is 4.79 Å². The van der Waals surface area contributed by atoms with Crippen molar-refractivity contribution in [2.75, 3.05) is 6.61 Å². The summed E-state index contributed by atoms with van der Waals surface area (Å²) in [6.07, 6.45) is -1.68. The monoisotopic (exact) mass is 278 g/mol. The first-order valence-electron chi connectivity index (χ1n) is 6.90. The highest BCUT2D eigenvalue weighted by Crippen LogP contribution is 2.35.